The average molecular weight is 247 g/mol. The number of phenolic OH excluding ortho intramolecular Hbond substituents is 1. The van der Waals surface area contributed by atoms with Crippen LogP contribution in [0.25, 0.3) is 0 Å². The van der Waals surface area contributed by atoms with E-state index in [9.17, 15) is 9.90 Å². The Kier molecular flexibility index (Phi) is 4.24. The highest BCUT2D eigenvalue weighted by molar-refractivity contribution is 5.96. The molecule has 0 atom stereocenters. The zero-order chi connectivity index (χ0) is 13.0. The minimum atomic E-state index is -0.0846. The summed E-state index contributed by atoms with van der Waals surface area (Å²) in [6.45, 7) is 0.799. The standard InChI is InChI=1S/C15H21NO2/c1-16(11-12-7-3-2-4-8-12)15(18)13-9-5-6-10-14(13)17/h5-6,9-10,12,17H,2-4,7-8,11H2,1H3. The van der Waals surface area contributed by atoms with Crippen molar-refractivity contribution in [2.75, 3.05) is 13.6 Å². The van der Waals surface area contributed by atoms with Crippen LogP contribution in [0.1, 0.15) is 42.5 Å². The van der Waals surface area contributed by atoms with Gasteiger partial charge in [0.05, 0.1) is 5.56 Å². The van der Waals surface area contributed by atoms with E-state index in [1.165, 1.54) is 32.1 Å². The molecular weight excluding hydrogens is 226 g/mol. The first-order valence-corrected chi connectivity index (χ1v) is 6.72. The Bertz CT molecular complexity index is 411. The van der Waals surface area contributed by atoms with Crippen molar-refractivity contribution in [3.63, 3.8) is 0 Å². The second kappa shape index (κ2) is 5.89. The number of benzene rings is 1. The molecule has 1 N–H and O–H groups in total. The molecule has 1 aliphatic carbocycles. The molecule has 0 unspecified atom stereocenters. The van der Waals surface area contributed by atoms with Crippen LogP contribution in [0.5, 0.6) is 5.75 Å². The van der Waals surface area contributed by atoms with E-state index in [4.69, 9.17) is 0 Å². The zero-order valence-electron chi connectivity index (χ0n) is 10.9. The Labute approximate surface area is 108 Å². The maximum absolute atomic E-state index is 12.2. The van der Waals surface area contributed by atoms with Crippen molar-refractivity contribution in [1.82, 2.24) is 4.90 Å². The second-order valence-electron chi connectivity index (χ2n) is 5.21. The van der Waals surface area contributed by atoms with Gasteiger partial charge >= 0.3 is 0 Å². The molecule has 2 rings (SSSR count). The van der Waals surface area contributed by atoms with Gasteiger partial charge in [-0.15, -0.1) is 0 Å². The van der Waals surface area contributed by atoms with E-state index in [0.29, 0.717) is 11.5 Å². The van der Waals surface area contributed by atoms with Crippen LogP contribution in [0.3, 0.4) is 0 Å². The van der Waals surface area contributed by atoms with Gasteiger partial charge in [0.25, 0.3) is 5.91 Å². The molecule has 0 aliphatic heterocycles. The van der Waals surface area contributed by atoms with Gasteiger partial charge in [0.2, 0.25) is 0 Å². The van der Waals surface area contributed by atoms with Crippen LogP contribution in [-0.4, -0.2) is 29.5 Å². The van der Waals surface area contributed by atoms with Crippen LogP contribution >= 0.6 is 0 Å². The topological polar surface area (TPSA) is 40.5 Å². The van der Waals surface area contributed by atoms with Gasteiger partial charge in [-0.1, -0.05) is 31.4 Å². The zero-order valence-corrected chi connectivity index (χ0v) is 10.9. The van der Waals surface area contributed by atoms with Crippen molar-refractivity contribution in [3.8, 4) is 5.75 Å². The van der Waals surface area contributed by atoms with E-state index < -0.39 is 0 Å². The Morgan fingerprint density at radius 3 is 2.61 bits per heavy atom. The molecule has 1 aliphatic rings. The molecule has 1 fully saturated rings. The average Bonchev–Trinajstić information content (AvgIpc) is 2.39. The van der Waals surface area contributed by atoms with Crippen molar-refractivity contribution < 1.29 is 9.90 Å². The lowest BCUT2D eigenvalue weighted by molar-refractivity contribution is 0.0757. The molecule has 0 aromatic heterocycles. The number of carbonyl (C=O) groups is 1. The maximum Gasteiger partial charge on any atom is 0.257 e. The van der Waals surface area contributed by atoms with Crippen LogP contribution in [-0.2, 0) is 0 Å². The number of para-hydroxylation sites is 1. The van der Waals surface area contributed by atoms with Gasteiger partial charge in [0.1, 0.15) is 5.75 Å². The van der Waals surface area contributed by atoms with Crippen LogP contribution in [0.4, 0.5) is 0 Å². The summed E-state index contributed by atoms with van der Waals surface area (Å²) in [5, 5.41) is 9.69. The Morgan fingerprint density at radius 1 is 1.28 bits per heavy atom. The van der Waals surface area contributed by atoms with E-state index in [-0.39, 0.29) is 11.7 Å². The van der Waals surface area contributed by atoms with Crippen LogP contribution in [0.2, 0.25) is 0 Å². The number of hydrogen-bond acceptors (Lipinski definition) is 2. The highest BCUT2D eigenvalue weighted by atomic mass is 16.3. The minimum absolute atomic E-state index is 0.0676. The summed E-state index contributed by atoms with van der Waals surface area (Å²) in [6, 6.07) is 6.74. The van der Waals surface area contributed by atoms with Gasteiger partial charge in [-0.3, -0.25) is 4.79 Å². The van der Waals surface area contributed by atoms with Gasteiger partial charge in [-0.2, -0.15) is 0 Å². The Balaban J connectivity index is 1.98. The number of aromatic hydroxyl groups is 1. The maximum atomic E-state index is 12.2. The lowest BCUT2D eigenvalue weighted by atomic mass is 9.89. The molecule has 1 saturated carbocycles. The Morgan fingerprint density at radius 2 is 1.94 bits per heavy atom. The van der Waals surface area contributed by atoms with Crippen LogP contribution in [0, 0.1) is 5.92 Å². The summed E-state index contributed by atoms with van der Waals surface area (Å²) >= 11 is 0. The number of amides is 1. The number of nitrogens with zero attached hydrogens (tertiary/aromatic N) is 1. The molecule has 3 nitrogen and oxygen atoms in total. The third-order valence-corrected chi connectivity index (χ3v) is 3.74. The molecule has 0 bridgehead atoms. The molecule has 98 valence electrons. The van der Waals surface area contributed by atoms with E-state index in [2.05, 4.69) is 0 Å². The molecule has 1 aromatic carbocycles. The van der Waals surface area contributed by atoms with E-state index in [0.717, 1.165) is 6.54 Å². The first-order chi connectivity index (χ1) is 8.68. The van der Waals surface area contributed by atoms with Gasteiger partial charge in [-0.25, -0.2) is 0 Å². The largest absolute Gasteiger partial charge is 0.507 e. The van der Waals surface area contributed by atoms with Crippen molar-refractivity contribution >= 4 is 5.91 Å². The van der Waals surface area contributed by atoms with Crippen molar-refractivity contribution in [2.24, 2.45) is 5.92 Å². The lowest BCUT2D eigenvalue weighted by Crippen LogP contribution is -2.32. The summed E-state index contributed by atoms with van der Waals surface area (Å²) in [4.78, 5) is 13.9. The molecule has 0 heterocycles. The number of rotatable bonds is 3. The third kappa shape index (κ3) is 3.03. The van der Waals surface area contributed by atoms with Gasteiger partial charge < -0.3 is 10.0 Å². The van der Waals surface area contributed by atoms with E-state index in [1.54, 1.807) is 29.2 Å². The molecule has 0 saturated heterocycles. The molecule has 18 heavy (non-hydrogen) atoms. The molecule has 0 radical (unpaired) electrons. The molecular formula is C15H21NO2. The van der Waals surface area contributed by atoms with Gasteiger partial charge in [-0.05, 0) is 30.9 Å². The summed E-state index contributed by atoms with van der Waals surface area (Å²) in [5.74, 6) is 0.607. The highest BCUT2D eigenvalue weighted by Crippen LogP contribution is 2.25. The number of carbonyl (C=O) groups excluding carboxylic acids is 1. The predicted octanol–water partition coefficient (Wildman–Crippen LogP) is 3.04. The van der Waals surface area contributed by atoms with Gasteiger partial charge in [0.15, 0.2) is 0 Å². The monoisotopic (exact) mass is 247 g/mol. The quantitative estimate of drug-likeness (QED) is 0.891. The molecule has 1 aromatic rings. The summed E-state index contributed by atoms with van der Waals surface area (Å²) < 4.78 is 0. The fourth-order valence-electron chi connectivity index (χ4n) is 2.70. The molecule has 3 heteroatoms. The fraction of sp³-hybridized carbons (Fsp3) is 0.533. The SMILES string of the molecule is CN(CC1CCCCC1)C(=O)c1ccccc1O. The summed E-state index contributed by atoms with van der Waals surface area (Å²) in [6.07, 6.45) is 6.33. The number of phenols is 1. The molecule has 1 amide bonds. The summed E-state index contributed by atoms with van der Waals surface area (Å²) in [7, 11) is 1.82. The second-order valence-corrected chi connectivity index (χ2v) is 5.21. The van der Waals surface area contributed by atoms with Crippen LogP contribution < -0.4 is 0 Å². The first-order valence-electron chi connectivity index (χ1n) is 6.72. The molecule has 0 spiro atoms. The van der Waals surface area contributed by atoms with Crippen molar-refractivity contribution in [2.45, 2.75) is 32.1 Å². The minimum Gasteiger partial charge on any atom is -0.507 e. The van der Waals surface area contributed by atoms with Crippen molar-refractivity contribution in [1.29, 1.82) is 0 Å². The van der Waals surface area contributed by atoms with Gasteiger partial charge in [0, 0.05) is 13.6 Å². The van der Waals surface area contributed by atoms with E-state index >= 15 is 0 Å². The number of hydrogen-bond donors (Lipinski definition) is 1. The van der Waals surface area contributed by atoms with E-state index in [1.807, 2.05) is 7.05 Å². The fourth-order valence-corrected chi connectivity index (χ4v) is 2.70. The van der Waals surface area contributed by atoms with Crippen LogP contribution in [0.15, 0.2) is 24.3 Å². The first kappa shape index (κ1) is 12.9. The Hall–Kier alpha value is -1.51. The highest BCUT2D eigenvalue weighted by Gasteiger charge is 2.20. The summed E-state index contributed by atoms with van der Waals surface area (Å²) in [5.41, 5.74) is 0.399. The predicted molar refractivity (Wildman–Crippen MR) is 71.6 cm³/mol. The van der Waals surface area contributed by atoms with Crippen molar-refractivity contribution in [3.05, 3.63) is 29.8 Å². The lowest BCUT2D eigenvalue weighted by Gasteiger charge is -2.27. The smallest absolute Gasteiger partial charge is 0.257 e. The normalized spacial score (nSPS) is 16.5. The third-order valence-electron chi connectivity index (χ3n) is 3.74.